The maximum atomic E-state index is 6.61. The van der Waals surface area contributed by atoms with Crippen molar-refractivity contribution < 1.29 is 0 Å². The number of pyridine rings is 3. The third kappa shape index (κ3) is 6.57. The molecule has 0 saturated carbocycles. The number of aromatic nitrogens is 3. The van der Waals surface area contributed by atoms with Crippen LogP contribution in [0.15, 0.2) is 128 Å². The minimum absolute atomic E-state index is 0.618. The molecule has 0 aliphatic heterocycles. The highest BCUT2D eigenvalue weighted by Crippen LogP contribution is 2.42. The Labute approximate surface area is 266 Å². The number of anilines is 3. The molecule has 0 fully saturated rings. The number of benzene rings is 3. The molecule has 3 heterocycles. The third-order valence-corrected chi connectivity index (χ3v) is 8.48. The first-order chi connectivity index (χ1) is 21.1. The Morgan fingerprint density at radius 3 is 1.00 bits per heavy atom. The summed E-state index contributed by atoms with van der Waals surface area (Å²) in [5.74, 6) is 0. The summed E-state index contributed by atoms with van der Waals surface area (Å²) < 4.78 is 0. The maximum absolute atomic E-state index is 6.61. The van der Waals surface area contributed by atoms with Crippen molar-refractivity contribution in [1.29, 1.82) is 0 Å². The molecule has 0 aliphatic carbocycles. The lowest BCUT2D eigenvalue weighted by molar-refractivity contribution is 1.08. The summed E-state index contributed by atoms with van der Waals surface area (Å²) >= 11 is 19.8. The molecule has 0 spiro atoms. The predicted molar refractivity (Wildman–Crippen MR) is 177 cm³/mol. The molecule has 6 aromatic rings. The number of para-hydroxylation sites is 3. The molecule has 0 bridgehead atoms. The summed E-state index contributed by atoms with van der Waals surface area (Å²) in [4.78, 5) is 15.3. The minimum Gasteiger partial charge on any atom is -0.310 e. The van der Waals surface area contributed by atoms with E-state index in [2.05, 4.69) is 92.6 Å². The third-order valence-electron chi connectivity index (χ3n) is 7.37. The number of halogens is 3. The molecule has 0 atom stereocenters. The van der Waals surface area contributed by atoms with Crippen LogP contribution in [0, 0.1) is 0 Å². The summed E-state index contributed by atoms with van der Waals surface area (Å²) in [5.41, 5.74) is 9.33. The molecule has 0 radical (unpaired) electrons. The van der Waals surface area contributed by atoms with E-state index in [-0.39, 0.29) is 0 Å². The van der Waals surface area contributed by atoms with E-state index >= 15 is 0 Å². The topological polar surface area (TPSA) is 41.9 Å². The lowest BCUT2D eigenvalue weighted by atomic mass is 9.97. The second kappa shape index (κ2) is 13.4. The van der Waals surface area contributed by atoms with Crippen molar-refractivity contribution in [2.24, 2.45) is 0 Å². The van der Waals surface area contributed by atoms with Crippen LogP contribution in [0.1, 0.15) is 33.4 Å². The fourth-order valence-corrected chi connectivity index (χ4v) is 5.78. The van der Waals surface area contributed by atoms with Gasteiger partial charge in [0.05, 0.1) is 0 Å². The highest BCUT2D eigenvalue weighted by molar-refractivity contribution is 6.32. The molecule has 7 heteroatoms. The van der Waals surface area contributed by atoms with Crippen LogP contribution in [-0.2, 0) is 19.3 Å². The standard InChI is InChI=1S/C36H27Cl3N4/c37-31-13-16-40-22-28(31)19-25-7-1-4-10-34(25)43(35-11-5-2-8-26(35)20-29-23-41-17-14-32(29)38)36-12-6-3-9-27(36)21-30-24-42-18-15-33(30)39/h1-18,22-24H,19-21H2. The summed E-state index contributed by atoms with van der Waals surface area (Å²) in [5, 5.41) is 2.07. The van der Waals surface area contributed by atoms with Crippen molar-refractivity contribution in [3.05, 3.63) is 177 Å². The van der Waals surface area contributed by atoms with Gasteiger partial charge in [-0.2, -0.15) is 0 Å². The zero-order chi connectivity index (χ0) is 29.6. The zero-order valence-electron chi connectivity index (χ0n) is 23.2. The molecule has 0 unspecified atom stereocenters. The van der Waals surface area contributed by atoms with Crippen molar-refractivity contribution in [3.63, 3.8) is 0 Å². The number of rotatable bonds is 9. The quantitative estimate of drug-likeness (QED) is 0.161. The lowest BCUT2D eigenvalue weighted by Gasteiger charge is -2.31. The smallest absolute Gasteiger partial charge is 0.0497 e. The normalized spacial score (nSPS) is 11.0. The van der Waals surface area contributed by atoms with Crippen LogP contribution in [0.5, 0.6) is 0 Å². The van der Waals surface area contributed by atoms with Gasteiger partial charge in [-0.25, -0.2) is 0 Å². The van der Waals surface area contributed by atoms with E-state index in [0.717, 1.165) is 50.4 Å². The fraction of sp³-hybridized carbons (Fsp3) is 0.0833. The summed E-state index contributed by atoms with van der Waals surface area (Å²) in [6, 6.07) is 30.8. The van der Waals surface area contributed by atoms with E-state index in [1.54, 1.807) is 18.6 Å². The van der Waals surface area contributed by atoms with Gasteiger partial charge in [-0.3, -0.25) is 15.0 Å². The molecule has 0 aliphatic rings. The van der Waals surface area contributed by atoms with Crippen molar-refractivity contribution in [3.8, 4) is 0 Å². The Morgan fingerprint density at radius 2 is 0.698 bits per heavy atom. The Kier molecular flexibility index (Phi) is 8.99. The molecular weight excluding hydrogens is 595 g/mol. The van der Waals surface area contributed by atoms with E-state index in [1.807, 2.05) is 36.8 Å². The predicted octanol–water partition coefficient (Wildman–Crippen LogP) is 10.1. The monoisotopic (exact) mass is 620 g/mol. The molecule has 0 N–H and O–H groups in total. The number of hydrogen-bond acceptors (Lipinski definition) is 4. The van der Waals surface area contributed by atoms with Crippen molar-refractivity contribution in [2.75, 3.05) is 4.90 Å². The van der Waals surface area contributed by atoms with Gasteiger partial charge in [0.25, 0.3) is 0 Å². The zero-order valence-corrected chi connectivity index (χ0v) is 25.4. The Balaban J connectivity index is 1.54. The second-order valence-electron chi connectivity index (χ2n) is 10.2. The largest absolute Gasteiger partial charge is 0.310 e. The highest BCUT2D eigenvalue weighted by atomic mass is 35.5. The van der Waals surface area contributed by atoms with E-state index < -0.39 is 0 Å². The highest BCUT2D eigenvalue weighted by Gasteiger charge is 2.22. The van der Waals surface area contributed by atoms with E-state index in [0.29, 0.717) is 34.3 Å². The average molecular weight is 622 g/mol. The number of nitrogens with zero attached hydrogens (tertiary/aromatic N) is 4. The Bertz CT molecular complexity index is 1660. The van der Waals surface area contributed by atoms with Gasteiger partial charge in [-0.1, -0.05) is 89.4 Å². The van der Waals surface area contributed by atoms with Crippen molar-refractivity contribution in [2.45, 2.75) is 19.3 Å². The van der Waals surface area contributed by atoms with Gasteiger partial charge in [-0.05, 0) is 69.8 Å². The van der Waals surface area contributed by atoms with Gasteiger partial charge in [-0.15, -0.1) is 0 Å². The summed E-state index contributed by atoms with van der Waals surface area (Å²) in [6.45, 7) is 0. The van der Waals surface area contributed by atoms with E-state index in [4.69, 9.17) is 34.8 Å². The van der Waals surface area contributed by atoms with Crippen molar-refractivity contribution in [1.82, 2.24) is 15.0 Å². The maximum Gasteiger partial charge on any atom is 0.0497 e. The first-order valence-electron chi connectivity index (χ1n) is 13.9. The lowest BCUT2D eigenvalue weighted by Crippen LogP contribution is -2.16. The van der Waals surface area contributed by atoms with Crippen LogP contribution in [0.3, 0.4) is 0 Å². The molecule has 43 heavy (non-hydrogen) atoms. The molecular formula is C36H27Cl3N4. The molecule has 3 aromatic heterocycles. The van der Waals surface area contributed by atoms with Crippen LogP contribution in [-0.4, -0.2) is 15.0 Å². The average Bonchev–Trinajstić information content (AvgIpc) is 3.03. The molecule has 6 rings (SSSR count). The van der Waals surface area contributed by atoms with Gasteiger partial charge >= 0.3 is 0 Å². The van der Waals surface area contributed by atoms with Gasteiger partial charge < -0.3 is 4.90 Å². The molecule has 3 aromatic carbocycles. The number of hydrogen-bond donors (Lipinski definition) is 0. The van der Waals surface area contributed by atoms with Gasteiger partial charge in [0.15, 0.2) is 0 Å². The first-order valence-corrected chi connectivity index (χ1v) is 15.0. The molecule has 4 nitrogen and oxygen atoms in total. The first kappa shape index (κ1) is 28.9. The van der Waals surface area contributed by atoms with E-state index in [9.17, 15) is 0 Å². The van der Waals surface area contributed by atoms with Crippen LogP contribution in [0.2, 0.25) is 15.1 Å². The van der Waals surface area contributed by atoms with Gasteiger partial charge in [0.1, 0.15) is 0 Å². The van der Waals surface area contributed by atoms with Crippen LogP contribution in [0.25, 0.3) is 0 Å². The Hall–Kier alpha value is -4.22. The van der Waals surface area contributed by atoms with Crippen LogP contribution >= 0.6 is 34.8 Å². The van der Waals surface area contributed by atoms with E-state index in [1.165, 1.54) is 0 Å². The van der Waals surface area contributed by atoms with Gasteiger partial charge in [0, 0.05) is 88.6 Å². The minimum atomic E-state index is 0.618. The molecule has 0 saturated heterocycles. The van der Waals surface area contributed by atoms with Gasteiger partial charge in [0.2, 0.25) is 0 Å². The van der Waals surface area contributed by atoms with Crippen LogP contribution < -0.4 is 4.90 Å². The van der Waals surface area contributed by atoms with Crippen molar-refractivity contribution >= 4 is 51.9 Å². The van der Waals surface area contributed by atoms with Crippen LogP contribution in [0.4, 0.5) is 17.1 Å². The molecule has 0 amide bonds. The summed E-state index contributed by atoms with van der Waals surface area (Å²) in [7, 11) is 0. The summed E-state index contributed by atoms with van der Waals surface area (Å²) in [6.07, 6.45) is 12.5. The SMILES string of the molecule is Clc1ccncc1Cc1ccccc1N(c1ccccc1Cc1cnccc1Cl)c1ccccc1Cc1cnccc1Cl. The second-order valence-corrected chi connectivity index (χ2v) is 11.4. The molecule has 212 valence electrons. The fourth-order valence-electron chi connectivity index (χ4n) is 5.26. The Morgan fingerprint density at radius 1 is 0.395 bits per heavy atom.